The van der Waals surface area contributed by atoms with Gasteiger partial charge in [0.05, 0.1) is 12.1 Å². The lowest BCUT2D eigenvalue weighted by atomic mass is 10.2. The second-order valence-corrected chi connectivity index (χ2v) is 6.81. The zero-order valence-corrected chi connectivity index (χ0v) is 15.6. The summed E-state index contributed by atoms with van der Waals surface area (Å²) in [5, 5.41) is 2.89. The van der Waals surface area contributed by atoms with E-state index in [2.05, 4.69) is 10.3 Å². The van der Waals surface area contributed by atoms with Crippen LogP contribution in [0.15, 0.2) is 59.0 Å². The van der Waals surface area contributed by atoms with Gasteiger partial charge in [-0.3, -0.25) is 9.59 Å². The number of hydrogen-bond acceptors (Lipinski definition) is 4. The summed E-state index contributed by atoms with van der Waals surface area (Å²) in [6, 6.07) is 17.0. The van der Waals surface area contributed by atoms with Crippen molar-refractivity contribution in [1.29, 1.82) is 0 Å². The van der Waals surface area contributed by atoms with Crippen LogP contribution >= 0.6 is 0 Å². The SMILES string of the molecule is Cc1oc(-c2ccccc2)nc1CC(=O)Nc1cccc(N2CCCC2=O)c1. The summed E-state index contributed by atoms with van der Waals surface area (Å²) >= 11 is 0. The fraction of sp³-hybridized carbons (Fsp3) is 0.227. The van der Waals surface area contributed by atoms with E-state index < -0.39 is 0 Å². The highest BCUT2D eigenvalue weighted by Crippen LogP contribution is 2.25. The quantitative estimate of drug-likeness (QED) is 0.732. The Morgan fingerprint density at radius 2 is 2.00 bits per heavy atom. The van der Waals surface area contributed by atoms with Gasteiger partial charge in [0.1, 0.15) is 5.76 Å². The van der Waals surface area contributed by atoms with Crippen LogP contribution < -0.4 is 10.2 Å². The number of rotatable bonds is 5. The van der Waals surface area contributed by atoms with Gasteiger partial charge in [0.2, 0.25) is 17.7 Å². The summed E-state index contributed by atoms with van der Waals surface area (Å²) in [5.41, 5.74) is 2.96. The Kier molecular flexibility index (Phi) is 4.93. The van der Waals surface area contributed by atoms with Crippen LogP contribution in [0.25, 0.3) is 11.5 Å². The van der Waals surface area contributed by atoms with Crippen molar-refractivity contribution in [1.82, 2.24) is 4.98 Å². The Morgan fingerprint density at radius 3 is 2.75 bits per heavy atom. The van der Waals surface area contributed by atoms with Crippen LogP contribution in [0, 0.1) is 6.92 Å². The molecule has 2 heterocycles. The van der Waals surface area contributed by atoms with E-state index in [0.29, 0.717) is 29.5 Å². The molecule has 1 aliphatic heterocycles. The van der Waals surface area contributed by atoms with Crippen LogP contribution in [0.5, 0.6) is 0 Å². The number of benzene rings is 2. The molecule has 1 aromatic heterocycles. The number of nitrogens with zero attached hydrogens (tertiary/aromatic N) is 2. The molecule has 0 saturated carbocycles. The van der Waals surface area contributed by atoms with Gasteiger partial charge in [0.25, 0.3) is 0 Å². The van der Waals surface area contributed by atoms with Gasteiger partial charge in [-0.2, -0.15) is 0 Å². The van der Waals surface area contributed by atoms with E-state index in [1.807, 2.05) is 61.5 Å². The molecular weight excluding hydrogens is 354 g/mol. The third-order valence-corrected chi connectivity index (χ3v) is 4.76. The van der Waals surface area contributed by atoms with Gasteiger partial charge >= 0.3 is 0 Å². The molecule has 1 fully saturated rings. The average Bonchev–Trinajstić information content (AvgIpc) is 3.28. The summed E-state index contributed by atoms with van der Waals surface area (Å²) in [7, 11) is 0. The lowest BCUT2D eigenvalue weighted by Gasteiger charge is -2.16. The maximum absolute atomic E-state index is 12.5. The highest BCUT2D eigenvalue weighted by Gasteiger charge is 2.22. The molecule has 28 heavy (non-hydrogen) atoms. The van der Waals surface area contributed by atoms with Gasteiger partial charge < -0.3 is 14.6 Å². The Bertz CT molecular complexity index is 1010. The average molecular weight is 375 g/mol. The molecule has 0 unspecified atom stereocenters. The van der Waals surface area contributed by atoms with Gasteiger partial charge in [-0.25, -0.2) is 4.98 Å². The molecule has 0 bridgehead atoms. The first kappa shape index (κ1) is 18.0. The fourth-order valence-corrected chi connectivity index (χ4v) is 3.33. The fourth-order valence-electron chi connectivity index (χ4n) is 3.33. The van der Waals surface area contributed by atoms with Gasteiger partial charge in [-0.15, -0.1) is 0 Å². The van der Waals surface area contributed by atoms with E-state index in [1.54, 1.807) is 4.90 Å². The smallest absolute Gasteiger partial charge is 0.230 e. The van der Waals surface area contributed by atoms with Gasteiger partial charge in [0.15, 0.2) is 0 Å². The van der Waals surface area contributed by atoms with Crippen LogP contribution in [0.1, 0.15) is 24.3 Å². The molecule has 6 heteroatoms. The largest absolute Gasteiger partial charge is 0.441 e. The molecule has 0 radical (unpaired) electrons. The minimum Gasteiger partial charge on any atom is -0.441 e. The lowest BCUT2D eigenvalue weighted by Crippen LogP contribution is -2.23. The van der Waals surface area contributed by atoms with Gasteiger partial charge in [0, 0.05) is 29.9 Å². The van der Waals surface area contributed by atoms with Crippen molar-refractivity contribution in [3.05, 3.63) is 66.1 Å². The van der Waals surface area contributed by atoms with Crippen molar-refractivity contribution in [2.24, 2.45) is 0 Å². The van der Waals surface area contributed by atoms with Crippen molar-refractivity contribution in [2.75, 3.05) is 16.8 Å². The minimum absolute atomic E-state index is 0.120. The van der Waals surface area contributed by atoms with E-state index in [4.69, 9.17) is 4.42 Å². The standard InChI is InChI=1S/C22H21N3O3/c1-15-19(24-22(28-15)16-7-3-2-4-8-16)14-20(26)23-17-9-5-10-18(13-17)25-12-6-11-21(25)27/h2-5,7-10,13H,6,11-12,14H2,1H3,(H,23,26). The normalized spacial score (nSPS) is 13.8. The van der Waals surface area contributed by atoms with E-state index in [-0.39, 0.29) is 18.2 Å². The molecular formula is C22H21N3O3. The number of nitrogens with one attached hydrogen (secondary N) is 1. The summed E-state index contributed by atoms with van der Waals surface area (Å²) in [6.07, 6.45) is 1.56. The molecule has 6 nitrogen and oxygen atoms in total. The number of carbonyl (C=O) groups excluding carboxylic acids is 2. The van der Waals surface area contributed by atoms with Gasteiger partial charge in [-0.05, 0) is 43.7 Å². The van der Waals surface area contributed by atoms with Crippen LogP contribution in [0.2, 0.25) is 0 Å². The highest BCUT2D eigenvalue weighted by molar-refractivity contribution is 5.97. The highest BCUT2D eigenvalue weighted by atomic mass is 16.4. The molecule has 1 saturated heterocycles. The molecule has 0 aliphatic carbocycles. The Labute approximate surface area is 163 Å². The Balaban J connectivity index is 1.45. The molecule has 4 rings (SSSR count). The number of oxazole rings is 1. The number of anilines is 2. The number of hydrogen-bond donors (Lipinski definition) is 1. The first-order chi connectivity index (χ1) is 13.6. The number of aromatic nitrogens is 1. The maximum Gasteiger partial charge on any atom is 0.230 e. The van der Waals surface area contributed by atoms with Crippen LogP contribution in [0.3, 0.4) is 0 Å². The lowest BCUT2D eigenvalue weighted by molar-refractivity contribution is -0.117. The summed E-state index contributed by atoms with van der Waals surface area (Å²) < 4.78 is 5.71. The van der Waals surface area contributed by atoms with Crippen LogP contribution in [-0.4, -0.2) is 23.3 Å². The molecule has 1 N–H and O–H groups in total. The second-order valence-electron chi connectivity index (χ2n) is 6.81. The van der Waals surface area contributed by atoms with Crippen molar-refractivity contribution >= 4 is 23.2 Å². The molecule has 142 valence electrons. The van der Waals surface area contributed by atoms with Crippen molar-refractivity contribution < 1.29 is 14.0 Å². The monoisotopic (exact) mass is 375 g/mol. The van der Waals surface area contributed by atoms with Crippen molar-refractivity contribution in [3.8, 4) is 11.5 Å². The minimum atomic E-state index is -0.180. The topological polar surface area (TPSA) is 75.4 Å². The van der Waals surface area contributed by atoms with Crippen LogP contribution in [0.4, 0.5) is 11.4 Å². The Hall–Kier alpha value is -3.41. The van der Waals surface area contributed by atoms with E-state index in [9.17, 15) is 9.59 Å². The summed E-state index contributed by atoms with van der Waals surface area (Å²) in [6.45, 7) is 2.53. The number of amides is 2. The zero-order valence-electron chi connectivity index (χ0n) is 15.6. The van der Waals surface area contributed by atoms with E-state index in [1.165, 1.54) is 0 Å². The summed E-state index contributed by atoms with van der Waals surface area (Å²) in [5.74, 6) is 1.08. The van der Waals surface area contributed by atoms with E-state index >= 15 is 0 Å². The first-order valence-corrected chi connectivity index (χ1v) is 9.32. The third-order valence-electron chi connectivity index (χ3n) is 4.76. The van der Waals surface area contributed by atoms with Crippen molar-refractivity contribution in [2.45, 2.75) is 26.2 Å². The third kappa shape index (κ3) is 3.81. The summed E-state index contributed by atoms with van der Waals surface area (Å²) in [4.78, 5) is 30.7. The first-order valence-electron chi connectivity index (χ1n) is 9.32. The molecule has 3 aromatic rings. The Morgan fingerprint density at radius 1 is 1.18 bits per heavy atom. The maximum atomic E-state index is 12.5. The van der Waals surface area contributed by atoms with Crippen LogP contribution in [-0.2, 0) is 16.0 Å². The molecule has 1 aliphatic rings. The van der Waals surface area contributed by atoms with Gasteiger partial charge in [-0.1, -0.05) is 24.3 Å². The van der Waals surface area contributed by atoms with Crippen molar-refractivity contribution in [3.63, 3.8) is 0 Å². The molecule has 2 amide bonds. The number of carbonyl (C=O) groups is 2. The predicted molar refractivity (Wildman–Crippen MR) is 107 cm³/mol. The molecule has 0 spiro atoms. The van der Waals surface area contributed by atoms with E-state index in [0.717, 1.165) is 24.2 Å². The molecule has 0 atom stereocenters. The zero-order chi connectivity index (χ0) is 19.5. The predicted octanol–water partition coefficient (Wildman–Crippen LogP) is 3.96. The second kappa shape index (κ2) is 7.68. The molecule has 2 aromatic carbocycles. The number of aryl methyl sites for hydroxylation is 1.